The third-order valence-corrected chi connectivity index (χ3v) is 6.02. The Morgan fingerprint density at radius 3 is 2.55 bits per heavy atom. The van der Waals surface area contributed by atoms with Crippen molar-refractivity contribution in [2.45, 2.75) is 23.2 Å². The second kappa shape index (κ2) is 8.66. The van der Waals surface area contributed by atoms with Gasteiger partial charge in [-0.3, -0.25) is 0 Å². The van der Waals surface area contributed by atoms with Gasteiger partial charge in [-0.25, -0.2) is 33.1 Å². The van der Waals surface area contributed by atoms with E-state index in [-0.39, 0.29) is 11.4 Å². The molecule has 2 heterocycles. The number of nitrogens with zero attached hydrogens (tertiary/aromatic N) is 4. The molecule has 2 N–H and O–H groups in total. The van der Waals surface area contributed by atoms with E-state index in [0.29, 0.717) is 35.5 Å². The van der Waals surface area contributed by atoms with Gasteiger partial charge in [0.1, 0.15) is 11.5 Å². The quantitative estimate of drug-likeness (QED) is 0.340. The second-order valence-electron chi connectivity index (χ2n) is 6.38. The molecular weight excluding hydrogens is 460 g/mol. The number of hydrogen-bond acceptors (Lipinski definition) is 8. The van der Waals surface area contributed by atoms with Crippen molar-refractivity contribution in [2.75, 3.05) is 25.6 Å². The predicted octanol–water partition coefficient (Wildman–Crippen LogP) is 2.48. The minimum Gasteiger partial charge on any atom is -0.383 e. The van der Waals surface area contributed by atoms with Gasteiger partial charge in [-0.1, -0.05) is 15.9 Å². The largest absolute Gasteiger partial charge is 0.383 e. The predicted molar refractivity (Wildman–Crippen MR) is 116 cm³/mol. The summed E-state index contributed by atoms with van der Waals surface area (Å²) in [5.74, 6) is 1.04. The van der Waals surface area contributed by atoms with Crippen LogP contribution in [0.15, 0.2) is 51.4 Å². The van der Waals surface area contributed by atoms with E-state index in [2.05, 4.69) is 45.9 Å². The van der Waals surface area contributed by atoms with Crippen LogP contribution >= 0.6 is 15.9 Å². The standard InChI is InChI=1S/C18H21BrN6O3S/c1-12-22-16(18(2,19)25-12)15-8-9-20-17(24-15)23-13-4-6-14(7-5-13)29(26,27)21-10-11-28-3/h4-9,21H,10-11H2,1-3H3,(H,20,23,24). The first kappa shape index (κ1) is 21.5. The van der Waals surface area contributed by atoms with Gasteiger partial charge in [-0.15, -0.1) is 0 Å². The lowest BCUT2D eigenvalue weighted by Gasteiger charge is -2.15. The number of amidine groups is 1. The number of nitrogens with one attached hydrogen (secondary N) is 2. The van der Waals surface area contributed by atoms with Gasteiger partial charge in [0.25, 0.3) is 0 Å². The lowest BCUT2D eigenvalue weighted by Crippen LogP contribution is -2.27. The minimum absolute atomic E-state index is 0.164. The van der Waals surface area contributed by atoms with Gasteiger partial charge in [0, 0.05) is 25.5 Å². The molecule has 1 atom stereocenters. The first-order valence-corrected chi connectivity index (χ1v) is 11.0. The number of halogens is 1. The number of rotatable bonds is 8. The van der Waals surface area contributed by atoms with Crippen LogP contribution in [0.4, 0.5) is 11.6 Å². The van der Waals surface area contributed by atoms with Gasteiger partial charge < -0.3 is 10.1 Å². The van der Waals surface area contributed by atoms with Crippen molar-refractivity contribution < 1.29 is 13.2 Å². The summed E-state index contributed by atoms with van der Waals surface area (Å²) in [4.78, 5) is 17.8. The van der Waals surface area contributed by atoms with Crippen LogP contribution in [0, 0.1) is 0 Å². The molecule has 1 aliphatic heterocycles. The smallest absolute Gasteiger partial charge is 0.240 e. The second-order valence-corrected chi connectivity index (χ2v) is 9.69. The Labute approximate surface area is 177 Å². The van der Waals surface area contributed by atoms with E-state index >= 15 is 0 Å². The molecule has 0 radical (unpaired) electrons. The van der Waals surface area contributed by atoms with Crippen molar-refractivity contribution in [1.82, 2.24) is 14.7 Å². The summed E-state index contributed by atoms with van der Waals surface area (Å²) in [6.07, 6.45) is 1.63. The van der Waals surface area contributed by atoms with Gasteiger partial charge in [0.2, 0.25) is 16.0 Å². The fraction of sp³-hybridized carbons (Fsp3) is 0.333. The summed E-state index contributed by atoms with van der Waals surface area (Å²) in [5, 5.41) is 3.07. The molecular formula is C18H21BrN6O3S. The van der Waals surface area contributed by atoms with E-state index in [9.17, 15) is 8.42 Å². The number of alkyl halides is 1. The van der Waals surface area contributed by atoms with E-state index in [1.807, 2.05) is 13.8 Å². The summed E-state index contributed by atoms with van der Waals surface area (Å²) in [6, 6.07) is 8.08. The zero-order chi connectivity index (χ0) is 21.1. The summed E-state index contributed by atoms with van der Waals surface area (Å²) < 4.78 is 31.1. The summed E-state index contributed by atoms with van der Waals surface area (Å²) in [6.45, 7) is 4.23. The zero-order valence-corrected chi connectivity index (χ0v) is 18.6. The maximum atomic E-state index is 12.2. The van der Waals surface area contributed by atoms with Gasteiger partial charge in [-0.2, -0.15) is 0 Å². The Morgan fingerprint density at radius 1 is 1.21 bits per heavy atom. The molecule has 1 aliphatic rings. The van der Waals surface area contributed by atoms with E-state index in [0.717, 1.165) is 0 Å². The Kier molecular flexibility index (Phi) is 6.42. The first-order valence-electron chi connectivity index (χ1n) is 8.75. The van der Waals surface area contributed by atoms with Crippen LogP contribution in [0.1, 0.15) is 19.5 Å². The van der Waals surface area contributed by atoms with Gasteiger partial charge >= 0.3 is 0 Å². The number of hydrogen-bond donors (Lipinski definition) is 2. The fourth-order valence-corrected chi connectivity index (χ4v) is 4.26. The van der Waals surface area contributed by atoms with E-state index in [1.54, 1.807) is 24.4 Å². The first-order chi connectivity index (χ1) is 13.7. The van der Waals surface area contributed by atoms with Crippen LogP contribution in [-0.2, 0) is 14.8 Å². The molecule has 154 valence electrons. The molecule has 9 nitrogen and oxygen atoms in total. The molecule has 3 rings (SSSR count). The average Bonchev–Trinajstić information content (AvgIpc) is 2.95. The van der Waals surface area contributed by atoms with Gasteiger partial charge in [-0.05, 0) is 44.2 Å². The molecule has 0 spiro atoms. The van der Waals surface area contributed by atoms with Crippen molar-refractivity contribution >= 4 is 49.1 Å². The normalized spacial score (nSPS) is 19.0. The Morgan fingerprint density at radius 2 is 1.93 bits per heavy atom. The number of sulfonamides is 1. The Balaban J connectivity index is 1.74. The molecule has 0 saturated carbocycles. The van der Waals surface area contributed by atoms with Crippen LogP contribution in [0.2, 0.25) is 0 Å². The molecule has 2 aromatic rings. The van der Waals surface area contributed by atoms with Gasteiger partial charge in [0.15, 0.2) is 4.45 Å². The molecule has 1 aromatic heterocycles. The van der Waals surface area contributed by atoms with Crippen molar-refractivity contribution in [3.05, 3.63) is 42.2 Å². The van der Waals surface area contributed by atoms with Gasteiger partial charge in [0.05, 0.1) is 17.2 Å². The maximum Gasteiger partial charge on any atom is 0.240 e. The fourth-order valence-electron chi connectivity index (χ4n) is 2.70. The monoisotopic (exact) mass is 480 g/mol. The van der Waals surface area contributed by atoms with Crippen molar-refractivity contribution in [2.24, 2.45) is 9.98 Å². The number of methoxy groups -OCH3 is 1. The molecule has 0 saturated heterocycles. The molecule has 0 amide bonds. The average molecular weight is 481 g/mol. The summed E-state index contributed by atoms with van der Waals surface area (Å²) in [7, 11) is -2.07. The van der Waals surface area contributed by atoms with Crippen molar-refractivity contribution in [3.63, 3.8) is 0 Å². The highest BCUT2D eigenvalue weighted by molar-refractivity contribution is 9.10. The molecule has 11 heteroatoms. The number of ether oxygens (including phenoxy) is 1. The number of aromatic nitrogens is 2. The minimum atomic E-state index is -3.58. The van der Waals surface area contributed by atoms with Crippen LogP contribution in [0.5, 0.6) is 0 Å². The molecule has 0 aliphatic carbocycles. The molecule has 1 aromatic carbocycles. The van der Waals surface area contributed by atoms with Crippen LogP contribution in [0.3, 0.4) is 0 Å². The number of anilines is 2. The van der Waals surface area contributed by atoms with Crippen molar-refractivity contribution in [3.8, 4) is 0 Å². The molecule has 0 bridgehead atoms. The highest BCUT2D eigenvalue weighted by Gasteiger charge is 2.33. The number of aliphatic imine (C=N–C) groups is 2. The highest BCUT2D eigenvalue weighted by Crippen LogP contribution is 2.29. The highest BCUT2D eigenvalue weighted by atomic mass is 79.9. The van der Waals surface area contributed by atoms with Crippen LogP contribution in [-0.4, -0.2) is 54.6 Å². The third-order valence-electron chi connectivity index (χ3n) is 3.99. The van der Waals surface area contributed by atoms with Crippen LogP contribution in [0.25, 0.3) is 0 Å². The third kappa shape index (κ3) is 5.24. The van der Waals surface area contributed by atoms with E-state index < -0.39 is 14.5 Å². The summed E-state index contributed by atoms with van der Waals surface area (Å²) in [5.41, 5.74) is 1.99. The van der Waals surface area contributed by atoms with E-state index in [1.165, 1.54) is 19.2 Å². The molecule has 1 unspecified atom stereocenters. The van der Waals surface area contributed by atoms with E-state index in [4.69, 9.17) is 4.74 Å². The topological polar surface area (TPSA) is 118 Å². The Bertz CT molecular complexity index is 1050. The molecule has 29 heavy (non-hydrogen) atoms. The SMILES string of the molecule is COCCNS(=O)(=O)c1ccc(Nc2nccc(C3=NC(C)=NC3(C)Br)n2)cc1. The summed E-state index contributed by atoms with van der Waals surface area (Å²) >= 11 is 3.56. The number of benzene rings is 1. The molecule has 0 fully saturated rings. The lowest BCUT2D eigenvalue weighted by molar-refractivity contribution is 0.204. The Hall–Kier alpha value is -2.21. The van der Waals surface area contributed by atoms with Crippen LogP contribution < -0.4 is 10.0 Å². The maximum absolute atomic E-state index is 12.2. The lowest BCUT2D eigenvalue weighted by atomic mass is 10.1. The zero-order valence-electron chi connectivity index (χ0n) is 16.2. The van der Waals surface area contributed by atoms with Crippen molar-refractivity contribution in [1.29, 1.82) is 0 Å².